The molecule has 86 valence electrons. The van der Waals surface area contributed by atoms with Gasteiger partial charge in [0.2, 0.25) is 0 Å². The summed E-state index contributed by atoms with van der Waals surface area (Å²) in [5.74, 6) is 0. The number of alkyl halides is 1. The Morgan fingerprint density at radius 2 is 2.33 bits per heavy atom. The van der Waals surface area contributed by atoms with Crippen LogP contribution in [-0.4, -0.2) is 36.7 Å². The van der Waals surface area contributed by atoms with E-state index < -0.39 is 6.67 Å². The van der Waals surface area contributed by atoms with E-state index in [1.165, 1.54) is 5.57 Å². The lowest BCUT2D eigenvalue weighted by Crippen LogP contribution is -2.43. The molecule has 0 bridgehead atoms. The Kier molecular flexibility index (Phi) is 4.59. The van der Waals surface area contributed by atoms with Gasteiger partial charge in [0.1, 0.15) is 6.67 Å². The Balaban J connectivity index is 2.36. The normalized spacial score (nSPS) is 20.2. The zero-order chi connectivity index (χ0) is 11.3. The molecule has 3 nitrogen and oxygen atoms in total. The van der Waals surface area contributed by atoms with Crippen molar-refractivity contribution in [1.29, 1.82) is 0 Å². The first-order chi connectivity index (χ1) is 7.15. The molecule has 1 heterocycles. The van der Waals surface area contributed by atoms with Gasteiger partial charge in [-0.2, -0.15) is 0 Å². The van der Waals surface area contributed by atoms with Crippen LogP contribution in [0.1, 0.15) is 26.7 Å². The van der Waals surface area contributed by atoms with E-state index in [0.29, 0.717) is 13.1 Å². The zero-order valence-corrected chi connectivity index (χ0v) is 9.42. The molecule has 4 heteroatoms. The van der Waals surface area contributed by atoms with Crippen molar-refractivity contribution in [1.82, 2.24) is 10.2 Å². The quantitative estimate of drug-likeness (QED) is 0.717. The van der Waals surface area contributed by atoms with Gasteiger partial charge in [-0.15, -0.1) is 0 Å². The Morgan fingerprint density at radius 1 is 1.60 bits per heavy atom. The van der Waals surface area contributed by atoms with Crippen molar-refractivity contribution in [2.75, 3.05) is 19.8 Å². The lowest BCUT2D eigenvalue weighted by atomic mass is 10.2. The number of amides is 2. The highest BCUT2D eigenvalue weighted by molar-refractivity contribution is 5.75. The van der Waals surface area contributed by atoms with Crippen LogP contribution in [0.5, 0.6) is 0 Å². The summed E-state index contributed by atoms with van der Waals surface area (Å²) in [6, 6.07) is -0.357. The molecule has 0 aromatic rings. The SMILES string of the molecule is CC(C)=CCNC(=O)N1CCCC1CF. The van der Waals surface area contributed by atoms with E-state index in [2.05, 4.69) is 5.32 Å². The van der Waals surface area contributed by atoms with E-state index >= 15 is 0 Å². The fourth-order valence-electron chi connectivity index (χ4n) is 1.71. The number of likely N-dealkylation sites (tertiary alicyclic amines) is 1. The van der Waals surface area contributed by atoms with Crippen LogP contribution in [-0.2, 0) is 0 Å². The van der Waals surface area contributed by atoms with Crippen molar-refractivity contribution in [3.8, 4) is 0 Å². The predicted octanol–water partition coefficient (Wildman–Crippen LogP) is 2.10. The molecule has 15 heavy (non-hydrogen) atoms. The van der Waals surface area contributed by atoms with Crippen LogP contribution in [0, 0.1) is 0 Å². The van der Waals surface area contributed by atoms with Crippen molar-refractivity contribution in [3.05, 3.63) is 11.6 Å². The molecule has 0 aromatic carbocycles. The molecule has 0 aliphatic carbocycles. The summed E-state index contributed by atoms with van der Waals surface area (Å²) in [6.07, 6.45) is 3.63. The topological polar surface area (TPSA) is 32.3 Å². The summed E-state index contributed by atoms with van der Waals surface area (Å²) in [5.41, 5.74) is 1.17. The molecule has 1 unspecified atom stereocenters. The predicted molar refractivity (Wildman–Crippen MR) is 58.5 cm³/mol. The van der Waals surface area contributed by atoms with E-state index in [9.17, 15) is 9.18 Å². The first-order valence-corrected chi connectivity index (χ1v) is 5.39. The number of nitrogens with one attached hydrogen (secondary N) is 1. The molecule has 1 N–H and O–H groups in total. The van der Waals surface area contributed by atoms with Crippen molar-refractivity contribution in [3.63, 3.8) is 0 Å². The number of hydrogen-bond donors (Lipinski definition) is 1. The summed E-state index contributed by atoms with van der Waals surface area (Å²) in [6.45, 7) is 4.72. The molecule has 1 aliphatic rings. The third-order valence-electron chi connectivity index (χ3n) is 2.58. The average molecular weight is 214 g/mol. The van der Waals surface area contributed by atoms with Crippen LogP contribution in [0.25, 0.3) is 0 Å². The second-order valence-electron chi connectivity index (χ2n) is 4.11. The van der Waals surface area contributed by atoms with E-state index in [4.69, 9.17) is 0 Å². The molecule has 1 fully saturated rings. The number of nitrogens with zero attached hydrogens (tertiary/aromatic N) is 1. The van der Waals surface area contributed by atoms with E-state index in [1.807, 2.05) is 19.9 Å². The summed E-state index contributed by atoms with van der Waals surface area (Å²) < 4.78 is 12.5. The fourth-order valence-corrected chi connectivity index (χ4v) is 1.71. The number of hydrogen-bond acceptors (Lipinski definition) is 1. The number of carbonyl (C=O) groups excluding carboxylic acids is 1. The maximum absolute atomic E-state index is 12.5. The van der Waals surface area contributed by atoms with Gasteiger partial charge in [0.15, 0.2) is 0 Å². The highest BCUT2D eigenvalue weighted by atomic mass is 19.1. The minimum atomic E-state index is -0.434. The van der Waals surface area contributed by atoms with Crippen LogP contribution in [0.4, 0.5) is 9.18 Å². The van der Waals surface area contributed by atoms with Crippen LogP contribution >= 0.6 is 0 Å². The molecule has 0 spiro atoms. The molecule has 2 amide bonds. The summed E-state index contributed by atoms with van der Waals surface area (Å²) in [4.78, 5) is 13.2. The van der Waals surface area contributed by atoms with Gasteiger partial charge in [0.25, 0.3) is 0 Å². The largest absolute Gasteiger partial charge is 0.335 e. The molecule has 0 radical (unpaired) electrons. The van der Waals surface area contributed by atoms with Crippen molar-refractivity contribution in [2.24, 2.45) is 0 Å². The van der Waals surface area contributed by atoms with Crippen molar-refractivity contribution < 1.29 is 9.18 Å². The van der Waals surface area contributed by atoms with Crippen LogP contribution in [0.3, 0.4) is 0 Å². The lowest BCUT2D eigenvalue weighted by molar-refractivity contribution is 0.183. The van der Waals surface area contributed by atoms with Gasteiger partial charge in [-0.1, -0.05) is 11.6 Å². The van der Waals surface area contributed by atoms with Crippen LogP contribution in [0.15, 0.2) is 11.6 Å². The van der Waals surface area contributed by atoms with Gasteiger partial charge in [-0.25, -0.2) is 9.18 Å². The first kappa shape index (κ1) is 12.0. The number of urea groups is 1. The molecule has 1 atom stereocenters. The van der Waals surface area contributed by atoms with Crippen LogP contribution < -0.4 is 5.32 Å². The Bertz CT molecular complexity index is 249. The Morgan fingerprint density at radius 3 is 2.93 bits per heavy atom. The summed E-state index contributed by atoms with van der Waals surface area (Å²) in [5, 5.41) is 2.76. The third-order valence-corrected chi connectivity index (χ3v) is 2.58. The minimum absolute atomic E-state index is 0.146. The number of carbonyl (C=O) groups is 1. The van der Waals surface area contributed by atoms with Gasteiger partial charge in [0.05, 0.1) is 6.04 Å². The van der Waals surface area contributed by atoms with Crippen molar-refractivity contribution in [2.45, 2.75) is 32.7 Å². The second kappa shape index (κ2) is 5.73. The first-order valence-electron chi connectivity index (χ1n) is 5.39. The number of allylic oxidation sites excluding steroid dienone is 1. The number of halogens is 1. The van der Waals surface area contributed by atoms with Gasteiger partial charge < -0.3 is 10.2 Å². The zero-order valence-electron chi connectivity index (χ0n) is 9.42. The van der Waals surface area contributed by atoms with Gasteiger partial charge in [-0.3, -0.25) is 0 Å². The average Bonchev–Trinajstić information content (AvgIpc) is 2.64. The molecule has 0 saturated carbocycles. The smallest absolute Gasteiger partial charge is 0.317 e. The van der Waals surface area contributed by atoms with E-state index in [0.717, 1.165) is 12.8 Å². The minimum Gasteiger partial charge on any atom is -0.335 e. The Hall–Kier alpha value is -1.06. The molecular weight excluding hydrogens is 195 g/mol. The summed E-state index contributed by atoms with van der Waals surface area (Å²) >= 11 is 0. The summed E-state index contributed by atoms with van der Waals surface area (Å²) in [7, 11) is 0. The molecule has 0 aromatic heterocycles. The molecule has 1 rings (SSSR count). The fraction of sp³-hybridized carbons (Fsp3) is 0.727. The van der Waals surface area contributed by atoms with E-state index in [1.54, 1.807) is 4.90 Å². The Labute approximate surface area is 90.3 Å². The highest BCUT2D eigenvalue weighted by Gasteiger charge is 2.27. The maximum atomic E-state index is 12.5. The molecule has 1 aliphatic heterocycles. The standard InChI is InChI=1S/C11H19FN2O/c1-9(2)5-6-13-11(15)14-7-3-4-10(14)8-12/h5,10H,3-4,6-8H2,1-2H3,(H,13,15). The van der Waals surface area contributed by atoms with Gasteiger partial charge in [0, 0.05) is 13.1 Å². The molecular formula is C11H19FN2O. The molecule has 1 saturated heterocycles. The van der Waals surface area contributed by atoms with Gasteiger partial charge in [-0.05, 0) is 26.7 Å². The van der Waals surface area contributed by atoms with Crippen molar-refractivity contribution >= 4 is 6.03 Å². The second-order valence-corrected chi connectivity index (χ2v) is 4.11. The number of rotatable bonds is 3. The monoisotopic (exact) mass is 214 g/mol. The third kappa shape index (κ3) is 3.53. The van der Waals surface area contributed by atoms with E-state index in [-0.39, 0.29) is 12.1 Å². The van der Waals surface area contributed by atoms with Gasteiger partial charge >= 0.3 is 6.03 Å². The van der Waals surface area contributed by atoms with Crippen LogP contribution in [0.2, 0.25) is 0 Å². The lowest BCUT2D eigenvalue weighted by Gasteiger charge is -2.22. The maximum Gasteiger partial charge on any atom is 0.317 e. The highest BCUT2D eigenvalue weighted by Crippen LogP contribution is 2.17.